The molecule has 0 aliphatic carbocycles. The van der Waals surface area contributed by atoms with Gasteiger partial charge in [0.15, 0.2) is 0 Å². The van der Waals surface area contributed by atoms with Gasteiger partial charge in [0.05, 0.1) is 37.5 Å². The maximum absolute atomic E-state index is 8.39. The zero-order valence-corrected chi connectivity index (χ0v) is 38.1. The summed E-state index contributed by atoms with van der Waals surface area (Å²) in [5.74, 6) is 0. The Kier molecular flexibility index (Phi) is 38.6. The van der Waals surface area contributed by atoms with Crippen LogP contribution in [0.3, 0.4) is 0 Å². The molecule has 0 saturated heterocycles. The van der Waals surface area contributed by atoms with Gasteiger partial charge in [0.2, 0.25) is 0 Å². The molecule has 3 nitrogen and oxygen atoms in total. The predicted molar refractivity (Wildman–Crippen MR) is 168 cm³/mol. The summed E-state index contributed by atoms with van der Waals surface area (Å²) in [4.78, 5) is 0. The van der Waals surface area contributed by atoms with E-state index in [1.807, 2.05) is 93.6 Å². The van der Waals surface area contributed by atoms with Gasteiger partial charge in [-0.1, -0.05) is 72.8 Å². The number of halogens is 6. The van der Waals surface area contributed by atoms with Gasteiger partial charge in [-0.3, -0.25) is 0 Å². The van der Waals surface area contributed by atoms with Crippen molar-refractivity contribution >= 4 is 120 Å². The molecule has 0 bridgehead atoms. The molecule has 40 heavy (non-hydrogen) atoms. The van der Waals surface area contributed by atoms with E-state index in [1.54, 1.807) is 0 Å². The minimum atomic E-state index is -3.06. The van der Waals surface area contributed by atoms with E-state index in [4.69, 9.17) is 72.3 Å². The fourth-order valence-electron chi connectivity index (χ4n) is 2.68. The van der Waals surface area contributed by atoms with Crippen molar-refractivity contribution < 1.29 is 28.4 Å². The summed E-state index contributed by atoms with van der Waals surface area (Å²) in [5.41, 5.74) is 6.98. The van der Waals surface area contributed by atoms with E-state index < -0.39 is 28.4 Å². The van der Waals surface area contributed by atoms with Crippen LogP contribution < -0.4 is 0 Å². The van der Waals surface area contributed by atoms with E-state index in [-0.39, 0.29) is 0 Å². The van der Waals surface area contributed by atoms with E-state index in [2.05, 4.69) is 18.2 Å². The SMILES string of the molecule is Cc1ccccc1CC#N.Cc1ccccc1CC#N.Cc1ccccc1CC#N.[Cl][Pt]([Cl])([Cl])[Cl].[Cl][Pt][Cl].[K][K]. The maximum atomic E-state index is 8.39. The third-order valence-electron chi connectivity index (χ3n) is 4.59. The Balaban J connectivity index is -0.000000442. The predicted octanol–water partition coefficient (Wildman–Crippen LogP) is 9.55. The molecule has 0 heterocycles. The molecule has 0 aromatic heterocycles. The van der Waals surface area contributed by atoms with Gasteiger partial charge in [-0.2, -0.15) is 15.8 Å². The molecule has 0 amide bonds. The molecule has 0 aliphatic heterocycles. The number of nitriles is 3. The van der Waals surface area contributed by atoms with Crippen molar-refractivity contribution in [3.8, 4) is 18.2 Å². The number of aryl methyl sites for hydroxylation is 3. The van der Waals surface area contributed by atoms with Crippen LogP contribution in [0.15, 0.2) is 72.8 Å². The first-order chi connectivity index (χ1) is 18.9. The second kappa shape index (κ2) is 32.9. The normalized spacial score (nSPS) is 9.25. The number of hydrogen-bond acceptors (Lipinski definition) is 3. The molecular formula is C27H27Cl6K2N3Pt2. The molecule has 214 valence electrons. The second-order valence-corrected chi connectivity index (χ2v) is 30.1. The zero-order valence-electron chi connectivity index (χ0n) is 22.8. The Morgan fingerprint density at radius 2 is 0.750 bits per heavy atom. The summed E-state index contributed by atoms with van der Waals surface area (Å²) in [6.45, 7) is 6.06. The van der Waals surface area contributed by atoms with Gasteiger partial charge in [0.25, 0.3) is 0 Å². The third kappa shape index (κ3) is 31.9. The standard InChI is InChI=1S/3C9H9N.6ClH.2K.2Pt/c3*1-8-4-2-3-5-9(8)6-7-10;;;;;;;;;;/h3*2-5H,6H2,1H3;6*1H;;;;/q;;;;;;;;;;;+2;+4/p-6. The van der Waals surface area contributed by atoms with Crippen LogP contribution in [0.25, 0.3) is 0 Å². The van der Waals surface area contributed by atoms with Crippen LogP contribution >= 0.6 is 56.5 Å². The Morgan fingerprint density at radius 3 is 0.900 bits per heavy atom. The molecule has 13 heteroatoms. The Labute approximate surface area is 320 Å². The molecular weight excluding hydrogens is 1050 g/mol. The van der Waals surface area contributed by atoms with Crippen LogP contribution in [-0.4, -0.2) is 63.2 Å². The van der Waals surface area contributed by atoms with E-state index in [1.165, 1.54) is 79.8 Å². The van der Waals surface area contributed by atoms with Crippen LogP contribution in [0.5, 0.6) is 0 Å². The Morgan fingerprint density at radius 1 is 0.575 bits per heavy atom. The van der Waals surface area contributed by atoms with Gasteiger partial charge >= 0.3 is 148 Å². The van der Waals surface area contributed by atoms with Crippen molar-refractivity contribution in [2.24, 2.45) is 0 Å². The van der Waals surface area contributed by atoms with Crippen molar-refractivity contribution in [2.45, 2.75) is 40.0 Å². The third-order valence-corrected chi connectivity index (χ3v) is 4.59. The summed E-state index contributed by atoms with van der Waals surface area (Å²) in [6.07, 6.45) is 1.56. The molecule has 0 saturated carbocycles. The van der Waals surface area contributed by atoms with Crippen molar-refractivity contribution in [3.63, 3.8) is 0 Å². The zero-order chi connectivity index (χ0) is 31.4. The molecule has 3 rings (SSSR count). The Hall–Kier alpha value is 2.52. The van der Waals surface area contributed by atoms with Crippen molar-refractivity contribution in [2.75, 3.05) is 0 Å². The fraction of sp³-hybridized carbons (Fsp3) is 0.222. The summed E-state index contributed by atoms with van der Waals surface area (Å²) in [5, 5.41) is 25.2. The topological polar surface area (TPSA) is 71.4 Å². The van der Waals surface area contributed by atoms with Gasteiger partial charge in [-0.05, 0) is 54.2 Å². The number of hydrogen-bond donors (Lipinski definition) is 0. The van der Waals surface area contributed by atoms with E-state index in [0.29, 0.717) is 19.3 Å². The molecule has 3 aromatic rings. The average Bonchev–Trinajstić information content (AvgIpc) is 2.90. The quantitative estimate of drug-likeness (QED) is 0.246. The molecule has 0 N–H and O–H groups in total. The molecule has 0 radical (unpaired) electrons. The number of nitrogens with zero attached hydrogens (tertiary/aromatic N) is 3. The summed E-state index contributed by atoms with van der Waals surface area (Å²) < 4.78 is 0. The monoisotopic (exact) mass is 1070 g/mol. The average molecular weight is 1070 g/mol. The molecule has 0 aliphatic rings. The van der Waals surface area contributed by atoms with E-state index in [0.717, 1.165) is 16.7 Å². The van der Waals surface area contributed by atoms with Gasteiger partial charge in [0.1, 0.15) is 0 Å². The number of rotatable bonds is 3. The van der Waals surface area contributed by atoms with Crippen molar-refractivity contribution in [1.29, 1.82) is 15.8 Å². The van der Waals surface area contributed by atoms with Crippen LogP contribution in [0, 0.1) is 54.8 Å². The fourth-order valence-corrected chi connectivity index (χ4v) is 2.68. The van der Waals surface area contributed by atoms with Gasteiger partial charge in [-0.25, -0.2) is 0 Å². The van der Waals surface area contributed by atoms with Crippen molar-refractivity contribution in [3.05, 3.63) is 106 Å². The summed E-state index contributed by atoms with van der Waals surface area (Å²) in [7, 11) is 29.8. The minimum absolute atomic E-state index is 0.472. The first-order valence-electron chi connectivity index (χ1n) is 11.5. The molecule has 0 spiro atoms. The van der Waals surface area contributed by atoms with Gasteiger partial charge in [0, 0.05) is 0 Å². The summed E-state index contributed by atoms with van der Waals surface area (Å²) >= 11 is -1.03. The van der Waals surface area contributed by atoms with Crippen molar-refractivity contribution in [1.82, 2.24) is 0 Å². The van der Waals surface area contributed by atoms with E-state index >= 15 is 0 Å². The summed E-state index contributed by atoms with van der Waals surface area (Å²) in [6, 6.07) is 30.2. The molecule has 0 unspecified atom stereocenters. The first kappa shape index (κ1) is 46.9. The molecule has 3 aromatic carbocycles. The Bertz CT molecular complexity index is 1050. The molecule has 0 fully saturated rings. The van der Waals surface area contributed by atoms with Crippen LogP contribution in [-0.2, 0) is 47.6 Å². The second-order valence-electron chi connectivity index (χ2n) is 7.10. The van der Waals surface area contributed by atoms with Gasteiger partial charge in [-0.15, -0.1) is 0 Å². The number of benzene rings is 3. The van der Waals surface area contributed by atoms with E-state index in [9.17, 15) is 0 Å². The van der Waals surface area contributed by atoms with Crippen LogP contribution in [0.2, 0.25) is 0 Å². The van der Waals surface area contributed by atoms with Crippen LogP contribution in [0.4, 0.5) is 0 Å². The molecule has 0 atom stereocenters. The van der Waals surface area contributed by atoms with Gasteiger partial charge < -0.3 is 0 Å². The first-order valence-corrected chi connectivity index (χ1v) is 44.4. The van der Waals surface area contributed by atoms with Crippen LogP contribution in [0.1, 0.15) is 33.4 Å².